The van der Waals surface area contributed by atoms with Crippen molar-refractivity contribution >= 4 is 28.6 Å². The average molecular weight is 431 g/mol. The summed E-state index contributed by atoms with van der Waals surface area (Å²) in [5.74, 6) is 0.390. The fraction of sp³-hybridized carbons (Fsp3) is 0.435. The first-order chi connectivity index (χ1) is 13.3. The van der Waals surface area contributed by atoms with Gasteiger partial charge in [0.15, 0.2) is 0 Å². The molecule has 0 unspecified atom stereocenters. The molecule has 3 aromatic rings. The molecule has 0 saturated heterocycles. The van der Waals surface area contributed by atoms with Gasteiger partial charge in [0.2, 0.25) is 5.95 Å². The molecular weight excluding hydrogens is 400 g/mol. The van der Waals surface area contributed by atoms with Crippen LogP contribution >= 0.6 is 11.6 Å². The lowest BCUT2D eigenvalue weighted by atomic mass is 10.0. The molecule has 1 aliphatic carbocycles. The van der Waals surface area contributed by atoms with Gasteiger partial charge in [0, 0.05) is 33.8 Å². The lowest BCUT2D eigenvalue weighted by Gasteiger charge is -2.26. The summed E-state index contributed by atoms with van der Waals surface area (Å²) in [6, 6.07) is 9.04. The minimum absolute atomic E-state index is 0. The van der Waals surface area contributed by atoms with Crippen LogP contribution in [-0.4, -0.2) is 31.3 Å². The molecule has 30 heavy (non-hydrogen) atoms. The number of fused-ring (bicyclic) bond motifs is 1. The van der Waals surface area contributed by atoms with Crippen LogP contribution < -0.4 is 10.9 Å². The second kappa shape index (κ2) is 8.74. The SMILES string of the molecule is C.C.C[C@H](Nc1ncc2cc(-c3ccccc3Cl)c(=O)n(C3CC3)c2n1)C(C)(C)O. The highest BCUT2D eigenvalue weighted by Gasteiger charge is 2.29. The predicted octanol–water partition coefficient (Wildman–Crippen LogP) is 5.29. The van der Waals surface area contributed by atoms with Gasteiger partial charge in [0.25, 0.3) is 5.56 Å². The first-order valence-corrected chi connectivity index (χ1v) is 9.79. The van der Waals surface area contributed by atoms with E-state index >= 15 is 0 Å². The maximum atomic E-state index is 13.3. The Morgan fingerprint density at radius 3 is 2.50 bits per heavy atom. The quantitative estimate of drug-likeness (QED) is 0.574. The number of aromatic nitrogens is 3. The van der Waals surface area contributed by atoms with E-state index < -0.39 is 5.60 Å². The van der Waals surface area contributed by atoms with Crippen LogP contribution in [0.5, 0.6) is 0 Å². The molecule has 2 N–H and O–H groups in total. The average Bonchev–Trinajstić information content (AvgIpc) is 3.46. The molecular formula is C23H31ClN4O2. The van der Waals surface area contributed by atoms with Crippen LogP contribution in [0.25, 0.3) is 22.2 Å². The van der Waals surface area contributed by atoms with Gasteiger partial charge < -0.3 is 10.4 Å². The van der Waals surface area contributed by atoms with Crippen molar-refractivity contribution in [3.8, 4) is 11.1 Å². The van der Waals surface area contributed by atoms with E-state index in [4.69, 9.17) is 11.6 Å². The summed E-state index contributed by atoms with van der Waals surface area (Å²) in [5, 5.41) is 14.6. The minimum Gasteiger partial charge on any atom is -0.388 e. The van der Waals surface area contributed by atoms with E-state index in [2.05, 4.69) is 15.3 Å². The standard InChI is InChI=1S/C21H23ClN4O2.2CH4/c1-12(21(2,3)28)24-20-23-11-13-10-16(15-6-4-5-7-17(15)22)19(27)26(14-8-9-14)18(13)25-20;;/h4-7,10-12,14,28H,8-9H2,1-3H3,(H,23,24,25);2*1H4/t12-;;/m0../s1. The lowest BCUT2D eigenvalue weighted by molar-refractivity contribution is 0.0646. The van der Waals surface area contributed by atoms with Crippen molar-refractivity contribution in [1.82, 2.24) is 14.5 Å². The molecule has 0 bridgehead atoms. The molecule has 0 aliphatic heterocycles. The number of rotatable bonds is 5. The molecule has 1 aromatic carbocycles. The molecule has 4 rings (SSSR count). The highest BCUT2D eigenvalue weighted by Crippen LogP contribution is 2.37. The van der Waals surface area contributed by atoms with Crippen LogP contribution in [0.2, 0.25) is 5.02 Å². The Labute approximate surface area is 183 Å². The van der Waals surface area contributed by atoms with Gasteiger partial charge in [0.1, 0.15) is 5.65 Å². The summed E-state index contributed by atoms with van der Waals surface area (Å²) in [7, 11) is 0. The van der Waals surface area contributed by atoms with E-state index in [1.807, 2.05) is 25.1 Å². The van der Waals surface area contributed by atoms with Crippen LogP contribution in [-0.2, 0) is 0 Å². The number of nitrogens with one attached hydrogen (secondary N) is 1. The van der Waals surface area contributed by atoms with E-state index in [0.29, 0.717) is 27.7 Å². The molecule has 2 aromatic heterocycles. The number of pyridine rings is 1. The molecule has 7 heteroatoms. The van der Waals surface area contributed by atoms with Gasteiger partial charge in [-0.3, -0.25) is 9.36 Å². The van der Waals surface area contributed by atoms with E-state index in [1.54, 1.807) is 36.7 Å². The fourth-order valence-electron chi connectivity index (χ4n) is 3.10. The molecule has 6 nitrogen and oxygen atoms in total. The number of anilines is 1. The highest BCUT2D eigenvalue weighted by molar-refractivity contribution is 6.33. The first kappa shape index (κ1) is 23.8. The molecule has 162 valence electrons. The first-order valence-electron chi connectivity index (χ1n) is 9.42. The lowest BCUT2D eigenvalue weighted by Crippen LogP contribution is -2.39. The van der Waals surface area contributed by atoms with Crippen molar-refractivity contribution < 1.29 is 5.11 Å². The zero-order valence-corrected chi connectivity index (χ0v) is 16.9. The summed E-state index contributed by atoms with van der Waals surface area (Å²) in [6.45, 7) is 5.31. The van der Waals surface area contributed by atoms with Crippen LogP contribution in [0.4, 0.5) is 5.95 Å². The van der Waals surface area contributed by atoms with Gasteiger partial charge in [-0.25, -0.2) is 4.98 Å². The zero-order chi connectivity index (χ0) is 20.1. The Balaban J connectivity index is 0.00000160. The number of halogens is 1. The molecule has 1 saturated carbocycles. The van der Waals surface area contributed by atoms with Gasteiger partial charge >= 0.3 is 0 Å². The Morgan fingerprint density at radius 1 is 1.23 bits per heavy atom. The minimum atomic E-state index is -0.928. The fourth-order valence-corrected chi connectivity index (χ4v) is 3.34. The summed E-state index contributed by atoms with van der Waals surface area (Å²) in [5.41, 5.74) is 0.845. The molecule has 0 spiro atoms. The summed E-state index contributed by atoms with van der Waals surface area (Å²) >= 11 is 6.34. The number of aliphatic hydroxyl groups is 1. The van der Waals surface area contributed by atoms with Crippen molar-refractivity contribution in [3.63, 3.8) is 0 Å². The second-order valence-corrected chi connectivity index (χ2v) is 8.34. The Morgan fingerprint density at radius 2 is 1.90 bits per heavy atom. The third-order valence-corrected chi connectivity index (χ3v) is 5.58. The zero-order valence-electron chi connectivity index (χ0n) is 16.1. The predicted molar refractivity (Wildman–Crippen MR) is 125 cm³/mol. The Bertz CT molecular complexity index is 1100. The number of nitrogens with zero attached hydrogens (tertiary/aromatic N) is 3. The number of hydrogen-bond donors (Lipinski definition) is 2. The number of hydrogen-bond acceptors (Lipinski definition) is 5. The van der Waals surface area contributed by atoms with Crippen LogP contribution in [0, 0.1) is 0 Å². The van der Waals surface area contributed by atoms with Crippen molar-refractivity contribution in [1.29, 1.82) is 0 Å². The van der Waals surface area contributed by atoms with Crippen LogP contribution in [0.15, 0.2) is 41.3 Å². The second-order valence-electron chi connectivity index (χ2n) is 7.94. The molecule has 1 atom stereocenters. The van der Waals surface area contributed by atoms with Crippen molar-refractivity contribution in [3.05, 3.63) is 51.9 Å². The third-order valence-electron chi connectivity index (χ3n) is 5.25. The topological polar surface area (TPSA) is 80.0 Å². The molecule has 1 aliphatic rings. The van der Waals surface area contributed by atoms with E-state index in [1.165, 1.54) is 0 Å². The maximum Gasteiger partial charge on any atom is 0.260 e. The smallest absolute Gasteiger partial charge is 0.260 e. The van der Waals surface area contributed by atoms with Gasteiger partial charge in [0.05, 0.1) is 11.6 Å². The van der Waals surface area contributed by atoms with Crippen molar-refractivity contribution in [2.45, 2.75) is 66.2 Å². The van der Waals surface area contributed by atoms with Crippen LogP contribution in [0.3, 0.4) is 0 Å². The van der Waals surface area contributed by atoms with Gasteiger partial charge in [-0.05, 0) is 45.7 Å². The highest BCUT2D eigenvalue weighted by atomic mass is 35.5. The van der Waals surface area contributed by atoms with Gasteiger partial charge in [-0.15, -0.1) is 0 Å². The number of benzene rings is 1. The third kappa shape index (κ3) is 4.50. The Kier molecular flexibility index (Phi) is 6.94. The normalized spacial score (nSPS) is 14.6. The molecule has 1 fully saturated rings. The largest absolute Gasteiger partial charge is 0.388 e. The van der Waals surface area contributed by atoms with E-state index in [-0.39, 0.29) is 32.5 Å². The summed E-state index contributed by atoms with van der Waals surface area (Å²) < 4.78 is 1.76. The summed E-state index contributed by atoms with van der Waals surface area (Å²) in [6.07, 6.45) is 3.61. The molecule has 0 amide bonds. The van der Waals surface area contributed by atoms with Crippen LogP contribution in [0.1, 0.15) is 54.5 Å². The van der Waals surface area contributed by atoms with E-state index in [9.17, 15) is 9.90 Å². The summed E-state index contributed by atoms with van der Waals surface area (Å²) in [4.78, 5) is 22.3. The van der Waals surface area contributed by atoms with Crippen molar-refractivity contribution in [2.75, 3.05) is 5.32 Å². The monoisotopic (exact) mass is 430 g/mol. The Hall–Kier alpha value is -2.44. The molecule has 2 heterocycles. The van der Waals surface area contributed by atoms with Crippen molar-refractivity contribution in [2.24, 2.45) is 0 Å². The van der Waals surface area contributed by atoms with E-state index in [0.717, 1.165) is 18.2 Å². The molecule has 0 radical (unpaired) electrons. The maximum absolute atomic E-state index is 13.3. The van der Waals surface area contributed by atoms with Gasteiger partial charge in [-0.1, -0.05) is 44.7 Å². The van der Waals surface area contributed by atoms with Gasteiger partial charge in [-0.2, -0.15) is 4.98 Å².